The van der Waals surface area contributed by atoms with Gasteiger partial charge >= 0.3 is 0 Å². The van der Waals surface area contributed by atoms with Crippen LogP contribution in [0.2, 0.25) is 0 Å². The van der Waals surface area contributed by atoms with Gasteiger partial charge in [0.2, 0.25) is 0 Å². The van der Waals surface area contributed by atoms with Crippen molar-refractivity contribution in [2.45, 2.75) is 52.4 Å². The quantitative estimate of drug-likeness (QED) is 0.204. The van der Waals surface area contributed by atoms with Crippen LogP contribution in [0.25, 0.3) is 42.8 Å². The van der Waals surface area contributed by atoms with E-state index < -0.39 is 0 Å². The summed E-state index contributed by atoms with van der Waals surface area (Å²) in [6.07, 6.45) is 3.86. The third-order valence-electron chi connectivity index (χ3n) is 7.52. The number of aliphatic imine (C=N–C) groups is 1. The van der Waals surface area contributed by atoms with Crippen LogP contribution in [0.1, 0.15) is 58.2 Å². The molecule has 0 saturated heterocycles. The average molecular weight is 554 g/mol. The van der Waals surface area contributed by atoms with Crippen LogP contribution in [0.4, 0.5) is 5.69 Å². The van der Waals surface area contributed by atoms with E-state index in [1.807, 2.05) is 24.5 Å². The monoisotopic (exact) mass is 553 g/mol. The Hall–Kier alpha value is -4.15. The van der Waals surface area contributed by atoms with Crippen molar-refractivity contribution in [2.24, 2.45) is 4.99 Å². The lowest BCUT2D eigenvalue weighted by atomic mass is 9.79. The Labute approximate surface area is 246 Å². The number of para-hydroxylation sites is 3. The normalized spacial score (nSPS) is 12.5. The van der Waals surface area contributed by atoms with Crippen LogP contribution in [-0.2, 0) is 10.8 Å². The molecule has 0 aliphatic rings. The van der Waals surface area contributed by atoms with Crippen LogP contribution >= 0.6 is 11.3 Å². The second-order valence-corrected chi connectivity index (χ2v) is 13.7. The summed E-state index contributed by atoms with van der Waals surface area (Å²) in [5, 5.41) is 2.09. The summed E-state index contributed by atoms with van der Waals surface area (Å²) in [6, 6.07) is 32.0. The van der Waals surface area contributed by atoms with Gasteiger partial charge in [-0.2, -0.15) is 0 Å². The van der Waals surface area contributed by atoms with Crippen molar-refractivity contribution in [3.05, 3.63) is 114 Å². The molecule has 0 bridgehead atoms. The molecule has 6 aromatic rings. The number of rotatable bonds is 4. The van der Waals surface area contributed by atoms with E-state index in [1.165, 1.54) is 11.1 Å². The predicted octanol–water partition coefficient (Wildman–Crippen LogP) is 10.5. The van der Waals surface area contributed by atoms with E-state index in [-0.39, 0.29) is 10.8 Å². The van der Waals surface area contributed by atoms with Gasteiger partial charge in [0.05, 0.1) is 21.4 Å². The zero-order valence-corrected chi connectivity index (χ0v) is 25.4. The molecule has 3 nitrogen and oxygen atoms in total. The van der Waals surface area contributed by atoms with Crippen molar-refractivity contribution in [3.63, 3.8) is 0 Å². The van der Waals surface area contributed by atoms with Crippen LogP contribution < -0.4 is 0 Å². The van der Waals surface area contributed by atoms with Gasteiger partial charge in [-0.15, -0.1) is 11.3 Å². The first-order valence-corrected chi connectivity index (χ1v) is 14.9. The predicted molar refractivity (Wildman–Crippen MR) is 177 cm³/mol. The highest BCUT2D eigenvalue weighted by atomic mass is 32.1. The van der Waals surface area contributed by atoms with Crippen LogP contribution in [0.3, 0.4) is 0 Å². The topological polar surface area (TPSA) is 38.1 Å². The maximum Gasteiger partial charge on any atom is 0.126 e. The second kappa shape index (κ2) is 10.4. The molecule has 0 saturated carbocycles. The van der Waals surface area contributed by atoms with E-state index in [4.69, 9.17) is 15.0 Å². The number of aromatic nitrogens is 2. The summed E-state index contributed by atoms with van der Waals surface area (Å²) >= 11 is 1.71. The maximum atomic E-state index is 5.19. The molecule has 0 amide bonds. The highest BCUT2D eigenvalue weighted by Gasteiger charge is 2.20. The molecular formula is C37H35N3S. The summed E-state index contributed by atoms with van der Waals surface area (Å²) < 4.78 is 1.15. The van der Waals surface area contributed by atoms with Gasteiger partial charge in [0, 0.05) is 34.5 Å². The fourth-order valence-electron chi connectivity index (χ4n) is 5.11. The molecular weight excluding hydrogens is 518 g/mol. The van der Waals surface area contributed by atoms with Gasteiger partial charge in [-0.3, -0.25) is 9.98 Å². The molecule has 41 heavy (non-hydrogen) atoms. The first kappa shape index (κ1) is 27.0. The van der Waals surface area contributed by atoms with E-state index >= 15 is 0 Å². The zero-order valence-electron chi connectivity index (χ0n) is 24.6. The van der Waals surface area contributed by atoms with Crippen LogP contribution in [0, 0.1) is 0 Å². The number of hydrogen-bond donors (Lipinski definition) is 0. The van der Waals surface area contributed by atoms with Gasteiger partial charge < -0.3 is 0 Å². The first-order chi connectivity index (χ1) is 19.6. The number of nitrogens with zero attached hydrogens (tertiary/aromatic N) is 3. The number of fused-ring (bicyclic) bond motifs is 2. The van der Waals surface area contributed by atoms with Gasteiger partial charge in [-0.25, -0.2) is 4.98 Å². The van der Waals surface area contributed by atoms with Gasteiger partial charge in [0.1, 0.15) is 5.01 Å². The summed E-state index contributed by atoms with van der Waals surface area (Å²) in [5.41, 5.74) is 10.0. The van der Waals surface area contributed by atoms with Gasteiger partial charge in [0.15, 0.2) is 0 Å². The van der Waals surface area contributed by atoms with Crippen molar-refractivity contribution in [1.82, 2.24) is 9.97 Å². The van der Waals surface area contributed by atoms with E-state index in [2.05, 4.69) is 120 Å². The maximum absolute atomic E-state index is 5.19. The lowest BCUT2D eigenvalue weighted by Gasteiger charge is -2.25. The zero-order chi connectivity index (χ0) is 28.8. The van der Waals surface area contributed by atoms with Gasteiger partial charge in [-0.1, -0.05) is 96.1 Å². The Morgan fingerprint density at radius 3 is 2.02 bits per heavy atom. The number of hydrogen-bond acceptors (Lipinski definition) is 4. The minimum absolute atomic E-state index is 0.0556. The van der Waals surface area contributed by atoms with Gasteiger partial charge in [-0.05, 0) is 63.9 Å². The third kappa shape index (κ3) is 5.45. The Bertz CT molecular complexity index is 1880. The van der Waals surface area contributed by atoms with Gasteiger partial charge in [0.25, 0.3) is 0 Å². The third-order valence-corrected chi connectivity index (χ3v) is 8.57. The molecule has 204 valence electrons. The molecule has 0 radical (unpaired) electrons. The lowest BCUT2D eigenvalue weighted by Crippen LogP contribution is -2.17. The Kier molecular flexibility index (Phi) is 6.83. The highest BCUT2D eigenvalue weighted by molar-refractivity contribution is 7.21. The fourth-order valence-corrected chi connectivity index (χ4v) is 6.13. The minimum atomic E-state index is 0.0556. The Morgan fingerprint density at radius 2 is 1.29 bits per heavy atom. The molecule has 4 heteroatoms. The Balaban J connectivity index is 1.43. The summed E-state index contributed by atoms with van der Waals surface area (Å²) in [6.45, 7) is 13.6. The summed E-state index contributed by atoms with van der Waals surface area (Å²) in [4.78, 5) is 14.9. The first-order valence-electron chi connectivity index (χ1n) is 14.1. The largest absolute Gasteiger partial charge is 0.256 e. The molecule has 2 aromatic heterocycles. The average Bonchev–Trinajstić information content (AvgIpc) is 3.39. The van der Waals surface area contributed by atoms with E-state index in [0.29, 0.717) is 0 Å². The van der Waals surface area contributed by atoms with Crippen molar-refractivity contribution in [3.8, 4) is 21.7 Å². The van der Waals surface area contributed by atoms with E-state index in [0.717, 1.165) is 54.1 Å². The van der Waals surface area contributed by atoms with Crippen molar-refractivity contribution in [1.29, 1.82) is 0 Å². The summed E-state index contributed by atoms with van der Waals surface area (Å²) in [7, 11) is 0. The smallest absolute Gasteiger partial charge is 0.126 e. The molecule has 0 aliphatic heterocycles. The molecule has 0 fully saturated rings. The molecule has 6 rings (SSSR count). The van der Waals surface area contributed by atoms with Crippen molar-refractivity contribution >= 4 is 44.4 Å². The van der Waals surface area contributed by atoms with Crippen LogP contribution in [0.15, 0.2) is 102 Å². The molecule has 0 atom stereocenters. The standard InChI is InChI=1S/C37H35N3S/c1-36(2,3)26-20-24(21-27(22-26)37(4,5)6)23-39-31-17-8-7-14-30(31)35-40-34-29(16-10-18-32(34)41-35)28-15-9-12-25-13-11-19-38-33(25)28/h7-23H,1-6H3. The van der Waals surface area contributed by atoms with Crippen LogP contribution in [0.5, 0.6) is 0 Å². The molecule has 0 N–H and O–H groups in total. The lowest BCUT2D eigenvalue weighted by molar-refractivity contribution is 0.568. The second-order valence-electron chi connectivity index (χ2n) is 12.7. The van der Waals surface area contributed by atoms with Crippen LogP contribution in [-0.4, -0.2) is 16.2 Å². The molecule has 2 heterocycles. The SMILES string of the molecule is CC(C)(C)c1cc(C=Nc2ccccc2-c2nc3c(-c4cccc5cccnc45)cccc3s2)cc(C(C)(C)C)c1. The van der Waals surface area contributed by atoms with E-state index in [1.54, 1.807) is 11.3 Å². The summed E-state index contributed by atoms with van der Waals surface area (Å²) in [5.74, 6) is 0. The van der Waals surface area contributed by atoms with Crippen molar-refractivity contribution in [2.75, 3.05) is 0 Å². The molecule has 0 spiro atoms. The number of thiazole rings is 1. The van der Waals surface area contributed by atoms with E-state index in [9.17, 15) is 0 Å². The fraction of sp³-hybridized carbons (Fsp3) is 0.216. The molecule has 0 aliphatic carbocycles. The van der Waals surface area contributed by atoms with Crippen molar-refractivity contribution < 1.29 is 0 Å². The number of benzene rings is 4. The number of pyridine rings is 1. The highest BCUT2D eigenvalue weighted by Crippen LogP contribution is 2.40. The Morgan fingerprint density at radius 1 is 0.659 bits per heavy atom. The molecule has 4 aromatic carbocycles. The minimum Gasteiger partial charge on any atom is -0.256 e. The molecule has 0 unspecified atom stereocenters.